The van der Waals surface area contributed by atoms with Crippen LogP contribution < -0.4 is 4.90 Å². The van der Waals surface area contributed by atoms with Crippen molar-refractivity contribution in [2.75, 3.05) is 19.0 Å². The van der Waals surface area contributed by atoms with Gasteiger partial charge in [-0.3, -0.25) is 0 Å². The Bertz CT molecular complexity index is 1020. The quantitative estimate of drug-likeness (QED) is 0.756. The van der Waals surface area contributed by atoms with E-state index in [0.29, 0.717) is 5.56 Å². The fraction of sp³-hybridized carbons (Fsp3) is 0.0870. The number of hydrogen-bond acceptors (Lipinski definition) is 2. The smallest absolute Gasteiger partial charge is 0.0991 e. The first-order valence-corrected chi connectivity index (χ1v) is 7.48. The van der Waals surface area contributed by atoms with Gasteiger partial charge >= 0.3 is 0 Å². The van der Waals surface area contributed by atoms with Crippen molar-refractivity contribution in [3.63, 3.8) is 0 Å². The minimum absolute atomic E-state index is 0.609. The van der Waals surface area contributed by atoms with Crippen molar-refractivity contribution < 1.29 is 0 Å². The molecule has 0 unspecified atom stereocenters. The van der Waals surface area contributed by atoms with Gasteiger partial charge in [-0.1, -0.05) is 11.8 Å². The first-order chi connectivity index (χ1) is 12.2. The van der Waals surface area contributed by atoms with Crippen molar-refractivity contribution in [1.29, 1.82) is 5.26 Å². The van der Waals surface area contributed by atoms with Gasteiger partial charge in [0.15, 0.2) is 0 Å². The molecule has 25 heavy (non-hydrogen) atoms. The number of anilines is 1. The third kappa shape index (κ3) is 5.93. The first kappa shape index (κ1) is 17.3. The third-order valence-electron chi connectivity index (χ3n) is 3.12. The molecule has 0 saturated carbocycles. The number of hydrogen-bond donors (Lipinski definition) is 0. The van der Waals surface area contributed by atoms with E-state index in [4.69, 9.17) is 5.26 Å². The Morgan fingerprint density at radius 2 is 1.00 bits per heavy atom. The molecule has 2 rings (SSSR count). The van der Waals surface area contributed by atoms with Crippen LogP contribution in [0.4, 0.5) is 5.69 Å². The Morgan fingerprint density at radius 3 is 1.44 bits per heavy atom. The van der Waals surface area contributed by atoms with E-state index in [-0.39, 0.29) is 0 Å². The molecule has 2 nitrogen and oxygen atoms in total. The van der Waals surface area contributed by atoms with Crippen molar-refractivity contribution in [1.82, 2.24) is 0 Å². The van der Waals surface area contributed by atoms with Gasteiger partial charge in [-0.25, -0.2) is 0 Å². The number of nitriles is 1. The fourth-order valence-electron chi connectivity index (χ4n) is 1.80. The Balaban J connectivity index is 1.93. The lowest BCUT2D eigenvalue weighted by atomic mass is 10.1. The molecule has 0 aromatic heterocycles. The SMILES string of the molecule is CN(C)c1ccc(C#CC#CC#CC#Cc2ccc(C#N)cc2)cc1. The molecule has 2 aromatic carbocycles. The highest BCUT2D eigenvalue weighted by molar-refractivity contribution is 5.51. The van der Waals surface area contributed by atoms with Crippen LogP contribution in [-0.2, 0) is 0 Å². The molecule has 116 valence electrons. The molecule has 0 aliphatic heterocycles. The molecule has 0 radical (unpaired) electrons. The molecule has 0 N–H and O–H groups in total. The third-order valence-corrected chi connectivity index (χ3v) is 3.12. The summed E-state index contributed by atoms with van der Waals surface area (Å²) in [5, 5.41) is 8.72. The van der Waals surface area contributed by atoms with Crippen molar-refractivity contribution >= 4 is 5.69 Å². The molecule has 0 fully saturated rings. The van der Waals surface area contributed by atoms with Crippen LogP contribution in [0.15, 0.2) is 48.5 Å². The molecular weight excluding hydrogens is 304 g/mol. The molecule has 0 saturated heterocycles. The predicted octanol–water partition coefficient (Wildman–Crippen LogP) is 3.03. The van der Waals surface area contributed by atoms with Crippen LogP contribution in [-0.4, -0.2) is 14.1 Å². The highest BCUT2D eigenvalue weighted by atomic mass is 15.1. The molecular formula is C23H14N2. The summed E-state index contributed by atoms with van der Waals surface area (Å²) in [5.74, 6) is 22.0. The summed E-state index contributed by atoms with van der Waals surface area (Å²) < 4.78 is 0. The summed E-state index contributed by atoms with van der Waals surface area (Å²) in [6.45, 7) is 0. The van der Waals surface area contributed by atoms with Gasteiger partial charge in [-0.05, 0) is 84.1 Å². The van der Waals surface area contributed by atoms with Crippen molar-refractivity contribution in [2.24, 2.45) is 0 Å². The number of rotatable bonds is 1. The molecule has 0 atom stereocenters. The van der Waals surface area contributed by atoms with Gasteiger partial charge < -0.3 is 4.90 Å². The molecule has 2 heteroatoms. The van der Waals surface area contributed by atoms with Crippen LogP contribution in [0.25, 0.3) is 0 Å². The minimum Gasteiger partial charge on any atom is -0.378 e. The molecule has 0 bridgehead atoms. The molecule has 0 amide bonds. The van der Waals surface area contributed by atoms with Gasteiger partial charge in [-0.2, -0.15) is 5.26 Å². The maximum absolute atomic E-state index is 8.72. The van der Waals surface area contributed by atoms with Gasteiger partial charge in [-0.15, -0.1) is 0 Å². The van der Waals surface area contributed by atoms with Crippen LogP contribution in [0.3, 0.4) is 0 Å². The van der Waals surface area contributed by atoms with Crippen LogP contribution >= 0.6 is 0 Å². The Kier molecular flexibility index (Phi) is 6.37. The maximum atomic E-state index is 8.72. The molecule has 2 aromatic rings. The highest BCUT2D eigenvalue weighted by Crippen LogP contribution is 2.11. The minimum atomic E-state index is 0.609. The average Bonchev–Trinajstić information content (AvgIpc) is 2.64. The van der Waals surface area contributed by atoms with Gasteiger partial charge in [0.05, 0.1) is 11.6 Å². The zero-order chi connectivity index (χ0) is 17.9. The Morgan fingerprint density at radius 1 is 0.600 bits per heavy atom. The van der Waals surface area contributed by atoms with E-state index in [1.165, 1.54) is 0 Å². The topological polar surface area (TPSA) is 27.0 Å². The zero-order valence-corrected chi connectivity index (χ0v) is 14.0. The van der Waals surface area contributed by atoms with E-state index >= 15 is 0 Å². The van der Waals surface area contributed by atoms with Gasteiger partial charge in [0, 0.05) is 30.9 Å². The molecule has 0 aliphatic rings. The lowest BCUT2D eigenvalue weighted by molar-refractivity contribution is 1.13. The second-order valence-corrected chi connectivity index (χ2v) is 5.13. The lowest BCUT2D eigenvalue weighted by Gasteiger charge is -2.11. The number of nitrogens with zero attached hydrogens (tertiary/aromatic N) is 2. The lowest BCUT2D eigenvalue weighted by Crippen LogP contribution is -2.07. The summed E-state index contributed by atoms with van der Waals surface area (Å²) in [6.07, 6.45) is 0. The summed E-state index contributed by atoms with van der Waals surface area (Å²) >= 11 is 0. The van der Waals surface area contributed by atoms with E-state index in [1.54, 1.807) is 24.3 Å². The van der Waals surface area contributed by atoms with Gasteiger partial charge in [0.25, 0.3) is 0 Å². The second kappa shape index (κ2) is 9.19. The Hall–Kier alpha value is -4.03. The standard InChI is InChI=1S/C23H14N2/c1-25(2)23-17-15-21(16-18-23)10-8-6-4-3-5-7-9-20-11-13-22(19-24)14-12-20/h11-18H,1-2H3. The van der Waals surface area contributed by atoms with Crippen molar-refractivity contribution in [3.05, 3.63) is 65.2 Å². The Labute approximate surface area is 149 Å². The predicted molar refractivity (Wildman–Crippen MR) is 101 cm³/mol. The summed E-state index contributed by atoms with van der Waals surface area (Å²) in [6, 6.07) is 17.0. The van der Waals surface area contributed by atoms with Crippen LogP contribution in [0.1, 0.15) is 16.7 Å². The van der Waals surface area contributed by atoms with Gasteiger partial charge in [0.2, 0.25) is 0 Å². The van der Waals surface area contributed by atoms with Crippen molar-refractivity contribution in [2.45, 2.75) is 0 Å². The zero-order valence-electron chi connectivity index (χ0n) is 14.0. The molecule has 0 heterocycles. The highest BCUT2D eigenvalue weighted by Gasteiger charge is 1.92. The molecule has 0 spiro atoms. The van der Waals surface area contributed by atoms with Crippen molar-refractivity contribution in [3.8, 4) is 53.4 Å². The second-order valence-electron chi connectivity index (χ2n) is 5.13. The van der Waals surface area contributed by atoms with E-state index in [1.807, 2.05) is 43.3 Å². The maximum Gasteiger partial charge on any atom is 0.0991 e. The van der Waals surface area contributed by atoms with E-state index in [0.717, 1.165) is 16.8 Å². The first-order valence-electron chi connectivity index (χ1n) is 7.48. The van der Waals surface area contributed by atoms with E-state index < -0.39 is 0 Å². The average molecular weight is 318 g/mol. The summed E-state index contributed by atoms with van der Waals surface area (Å²) in [4.78, 5) is 2.03. The number of benzene rings is 2. The van der Waals surface area contributed by atoms with Crippen LogP contribution in [0.2, 0.25) is 0 Å². The van der Waals surface area contributed by atoms with E-state index in [2.05, 4.69) is 53.4 Å². The monoisotopic (exact) mass is 318 g/mol. The van der Waals surface area contributed by atoms with E-state index in [9.17, 15) is 0 Å². The normalized spacial score (nSPS) is 7.88. The van der Waals surface area contributed by atoms with Crippen LogP contribution in [0, 0.1) is 58.7 Å². The summed E-state index contributed by atoms with van der Waals surface area (Å²) in [7, 11) is 3.99. The summed E-state index contributed by atoms with van der Waals surface area (Å²) in [5.41, 5.74) is 3.46. The molecule has 0 aliphatic carbocycles. The fourth-order valence-corrected chi connectivity index (χ4v) is 1.80. The van der Waals surface area contributed by atoms with Gasteiger partial charge in [0.1, 0.15) is 0 Å². The largest absolute Gasteiger partial charge is 0.378 e. The van der Waals surface area contributed by atoms with Crippen LogP contribution in [0.5, 0.6) is 0 Å².